The second kappa shape index (κ2) is 5.58. The van der Waals surface area contributed by atoms with Gasteiger partial charge in [-0.15, -0.1) is 6.58 Å². The summed E-state index contributed by atoms with van der Waals surface area (Å²) in [6.07, 6.45) is 4.73. The highest BCUT2D eigenvalue weighted by atomic mass is 32.2. The minimum absolute atomic E-state index is 0.326. The Balaban J connectivity index is 2.11. The van der Waals surface area contributed by atoms with Gasteiger partial charge in [0.2, 0.25) is 0 Å². The molecule has 0 saturated heterocycles. The number of thioether (sulfide) groups is 1. The standard InChI is InChI=1S/C14H19NOS/c1-3-8-17-9-7-15-11(2)10-12-13(15)5-4-6-14(12)16/h3,10H,1,4-9H2,2H3. The maximum Gasteiger partial charge on any atom is 0.164 e. The molecule has 92 valence electrons. The summed E-state index contributed by atoms with van der Waals surface area (Å²) in [4.78, 5) is 11.8. The molecule has 0 bridgehead atoms. The van der Waals surface area contributed by atoms with Gasteiger partial charge in [0.15, 0.2) is 5.78 Å². The van der Waals surface area contributed by atoms with Crippen molar-refractivity contribution in [3.63, 3.8) is 0 Å². The smallest absolute Gasteiger partial charge is 0.164 e. The molecule has 1 aliphatic rings. The Morgan fingerprint density at radius 2 is 2.35 bits per heavy atom. The number of hydrogen-bond donors (Lipinski definition) is 0. The molecule has 0 atom stereocenters. The Bertz CT molecular complexity index is 434. The van der Waals surface area contributed by atoms with E-state index in [1.54, 1.807) is 0 Å². The first-order valence-electron chi connectivity index (χ1n) is 6.15. The van der Waals surface area contributed by atoms with Crippen LogP contribution in [0.4, 0.5) is 0 Å². The summed E-state index contributed by atoms with van der Waals surface area (Å²) in [5.74, 6) is 2.41. The van der Waals surface area contributed by atoms with Gasteiger partial charge in [-0.25, -0.2) is 0 Å². The molecule has 1 aliphatic carbocycles. The number of aromatic nitrogens is 1. The van der Waals surface area contributed by atoms with E-state index in [9.17, 15) is 4.79 Å². The minimum atomic E-state index is 0.326. The molecule has 1 aromatic heterocycles. The van der Waals surface area contributed by atoms with E-state index in [0.29, 0.717) is 5.78 Å². The number of carbonyl (C=O) groups is 1. The molecular formula is C14H19NOS. The molecule has 0 aliphatic heterocycles. The van der Waals surface area contributed by atoms with Crippen LogP contribution in [0.1, 0.15) is 34.6 Å². The van der Waals surface area contributed by atoms with Gasteiger partial charge in [-0.1, -0.05) is 6.08 Å². The molecule has 17 heavy (non-hydrogen) atoms. The van der Waals surface area contributed by atoms with Gasteiger partial charge in [-0.3, -0.25) is 4.79 Å². The molecule has 0 aromatic carbocycles. The molecule has 0 saturated carbocycles. The number of Topliss-reactive ketones (excluding diaryl/α,β-unsaturated/α-hetero) is 1. The molecule has 0 N–H and O–H groups in total. The molecule has 0 spiro atoms. The van der Waals surface area contributed by atoms with Gasteiger partial charge in [0.05, 0.1) is 0 Å². The maximum absolute atomic E-state index is 11.8. The van der Waals surface area contributed by atoms with Crippen LogP contribution < -0.4 is 0 Å². The zero-order chi connectivity index (χ0) is 12.3. The summed E-state index contributed by atoms with van der Waals surface area (Å²) < 4.78 is 2.32. The van der Waals surface area contributed by atoms with Crippen LogP contribution in [0.5, 0.6) is 0 Å². The first-order chi connectivity index (χ1) is 8.24. The average molecular weight is 249 g/mol. The lowest BCUT2D eigenvalue weighted by molar-refractivity contribution is 0.0972. The van der Waals surface area contributed by atoms with E-state index in [4.69, 9.17) is 0 Å². The van der Waals surface area contributed by atoms with Crippen molar-refractivity contribution in [2.24, 2.45) is 0 Å². The van der Waals surface area contributed by atoms with Crippen LogP contribution in [-0.4, -0.2) is 21.9 Å². The van der Waals surface area contributed by atoms with Crippen LogP contribution in [-0.2, 0) is 13.0 Å². The fourth-order valence-corrected chi connectivity index (χ4v) is 3.07. The van der Waals surface area contributed by atoms with E-state index >= 15 is 0 Å². The van der Waals surface area contributed by atoms with E-state index in [-0.39, 0.29) is 0 Å². The van der Waals surface area contributed by atoms with E-state index in [2.05, 4.69) is 24.1 Å². The third-order valence-corrected chi connectivity index (χ3v) is 4.17. The maximum atomic E-state index is 11.8. The predicted octanol–water partition coefficient (Wildman–Crippen LogP) is 3.23. The van der Waals surface area contributed by atoms with Gasteiger partial charge in [-0.2, -0.15) is 11.8 Å². The van der Waals surface area contributed by atoms with E-state index in [1.807, 2.05) is 17.8 Å². The van der Waals surface area contributed by atoms with Gasteiger partial charge < -0.3 is 4.57 Å². The highest BCUT2D eigenvalue weighted by molar-refractivity contribution is 7.99. The first-order valence-corrected chi connectivity index (χ1v) is 7.30. The lowest BCUT2D eigenvalue weighted by atomic mass is 9.97. The van der Waals surface area contributed by atoms with E-state index in [1.165, 1.54) is 11.4 Å². The molecule has 2 nitrogen and oxygen atoms in total. The highest BCUT2D eigenvalue weighted by Gasteiger charge is 2.22. The Hall–Kier alpha value is -0.960. The predicted molar refractivity (Wildman–Crippen MR) is 74.0 cm³/mol. The Kier molecular flexibility index (Phi) is 4.11. The van der Waals surface area contributed by atoms with Gasteiger partial charge in [0.25, 0.3) is 0 Å². The molecule has 0 unspecified atom stereocenters. The molecule has 0 fully saturated rings. The SMILES string of the molecule is C=CCSCCn1c(C)cc2c1CCCC2=O. The van der Waals surface area contributed by atoms with Crippen molar-refractivity contribution in [2.75, 3.05) is 11.5 Å². The molecule has 0 amide bonds. The molecular weight excluding hydrogens is 230 g/mol. The summed E-state index contributed by atoms with van der Waals surface area (Å²) in [5.41, 5.74) is 3.46. The number of hydrogen-bond acceptors (Lipinski definition) is 2. The minimum Gasteiger partial charge on any atom is -0.347 e. The highest BCUT2D eigenvalue weighted by Crippen LogP contribution is 2.25. The largest absolute Gasteiger partial charge is 0.347 e. The summed E-state index contributed by atoms with van der Waals surface area (Å²) in [6, 6.07) is 2.06. The molecule has 0 radical (unpaired) electrons. The third-order valence-electron chi connectivity index (χ3n) is 3.23. The quantitative estimate of drug-likeness (QED) is 0.590. The van der Waals surface area contributed by atoms with E-state index in [0.717, 1.165) is 42.9 Å². The van der Waals surface area contributed by atoms with Crippen molar-refractivity contribution >= 4 is 17.5 Å². The van der Waals surface area contributed by atoms with Crippen molar-refractivity contribution in [3.8, 4) is 0 Å². The van der Waals surface area contributed by atoms with Gasteiger partial charge in [0.1, 0.15) is 0 Å². The Labute approximate surface area is 107 Å². The van der Waals surface area contributed by atoms with Crippen LogP contribution in [0.15, 0.2) is 18.7 Å². The topological polar surface area (TPSA) is 22.0 Å². The van der Waals surface area contributed by atoms with Gasteiger partial charge in [0, 0.05) is 41.4 Å². The average Bonchev–Trinajstić information content (AvgIpc) is 2.63. The zero-order valence-electron chi connectivity index (χ0n) is 10.4. The van der Waals surface area contributed by atoms with Crippen molar-refractivity contribution in [1.29, 1.82) is 0 Å². The number of aryl methyl sites for hydroxylation is 1. The van der Waals surface area contributed by atoms with Crippen LogP contribution >= 0.6 is 11.8 Å². The molecule has 2 rings (SSSR count). The normalized spacial score (nSPS) is 14.8. The van der Waals surface area contributed by atoms with Crippen molar-refractivity contribution in [2.45, 2.75) is 32.7 Å². The summed E-state index contributed by atoms with van der Waals surface area (Å²) in [6.45, 7) is 6.83. The monoisotopic (exact) mass is 249 g/mol. The second-order valence-electron chi connectivity index (χ2n) is 4.44. The molecule has 1 heterocycles. The molecule has 3 heteroatoms. The van der Waals surface area contributed by atoms with E-state index < -0.39 is 0 Å². The number of carbonyl (C=O) groups excluding carboxylic acids is 1. The van der Waals surface area contributed by atoms with Gasteiger partial charge in [-0.05, 0) is 25.8 Å². The number of nitrogens with zero attached hydrogens (tertiary/aromatic N) is 1. The summed E-state index contributed by atoms with van der Waals surface area (Å²) in [7, 11) is 0. The third kappa shape index (κ3) is 2.65. The zero-order valence-corrected chi connectivity index (χ0v) is 11.2. The lowest BCUT2D eigenvalue weighted by Gasteiger charge is -2.15. The van der Waals surface area contributed by atoms with Crippen molar-refractivity contribution < 1.29 is 4.79 Å². The van der Waals surface area contributed by atoms with Crippen LogP contribution in [0.25, 0.3) is 0 Å². The fraction of sp³-hybridized carbons (Fsp3) is 0.500. The molecule has 1 aromatic rings. The van der Waals surface area contributed by atoms with Crippen LogP contribution in [0.2, 0.25) is 0 Å². The number of ketones is 1. The lowest BCUT2D eigenvalue weighted by Crippen LogP contribution is -2.14. The summed E-state index contributed by atoms with van der Waals surface area (Å²) in [5, 5.41) is 0. The van der Waals surface area contributed by atoms with Crippen molar-refractivity contribution in [1.82, 2.24) is 4.57 Å². The second-order valence-corrected chi connectivity index (χ2v) is 5.59. The Morgan fingerprint density at radius 1 is 1.53 bits per heavy atom. The Morgan fingerprint density at radius 3 is 3.12 bits per heavy atom. The number of rotatable bonds is 5. The summed E-state index contributed by atoms with van der Waals surface area (Å²) >= 11 is 1.89. The van der Waals surface area contributed by atoms with Crippen molar-refractivity contribution in [3.05, 3.63) is 35.7 Å². The number of fused-ring (bicyclic) bond motifs is 1. The van der Waals surface area contributed by atoms with Gasteiger partial charge >= 0.3 is 0 Å². The van der Waals surface area contributed by atoms with Crippen LogP contribution in [0, 0.1) is 6.92 Å². The first kappa shape index (κ1) is 12.5. The van der Waals surface area contributed by atoms with Crippen LogP contribution in [0.3, 0.4) is 0 Å². The fourth-order valence-electron chi connectivity index (χ4n) is 2.42.